The van der Waals surface area contributed by atoms with Crippen molar-refractivity contribution in [1.82, 2.24) is 25.1 Å². The number of hydrogen-bond acceptors (Lipinski definition) is 5. The van der Waals surface area contributed by atoms with E-state index in [-0.39, 0.29) is 5.91 Å². The number of piperazine rings is 1. The minimum atomic E-state index is 0.0988. The Balaban J connectivity index is 1.44. The monoisotopic (exact) mass is 311 g/mol. The fraction of sp³-hybridized carbons (Fsp3) is 0.471. The molecule has 0 aliphatic carbocycles. The van der Waals surface area contributed by atoms with Crippen LogP contribution < -0.4 is 5.32 Å². The third kappa shape index (κ3) is 2.92. The maximum atomic E-state index is 12.7. The van der Waals surface area contributed by atoms with Crippen molar-refractivity contribution in [3.63, 3.8) is 0 Å². The molecule has 23 heavy (non-hydrogen) atoms. The lowest BCUT2D eigenvalue weighted by molar-refractivity contribution is 0.0584. The van der Waals surface area contributed by atoms with Crippen molar-refractivity contribution in [3.05, 3.63) is 36.2 Å². The third-order valence-electron chi connectivity index (χ3n) is 4.87. The van der Waals surface area contributed by atoms with Crippen molar-refractivity contribution < 1.29 is 4.79 Å². The van der Waals surface area contributed by atoms with Gasteiger partial charge >= 0.3 is 0 Å². The molecule has 0 saturated carbocycles. The van der Waals surface area contributed by atoms with Crippen LogP contribution in [0.15, 0.2) is 30.6 Å². The number of hydrogen-bond donors (Lipinski definition) is 1. The average molecular weight is 311 g/mol. The van der Waals surface area contributed by atoms with E-state index in [1.165, 1.54) is 6.42 Å². The molecule has 2 aliphatic rings. The highest BCUT2D eigenvalue weighted by Crippen LogP contribution is 2.16. The summed E-state index contributed by atoms with van der Waals surface area (Å²) in [4.78, 5) is 25.7. The number of nitrogens with one attached hydrogen (secondary N) is 1. The number of rotatable bonds is 2. The number of nitrogens with zero attached hydrogens (tertiary/aromatic N) is 4. The van der Waals surface area contributed by atoms with E-state index >= 15 is 0 Å². The van der Waals surface area contributed by atoms with Gasteiger partial charge in [-0.1, -0.05) is 0 Å². The molecule has 2 saturated heterocycles. The number of amides is 1. The summed E-state index contributed by atoms with van der Waals surface area (Å²) in [6, 6.07) is 6.21. The third-order valence-corrected chi connectivity index (χ3v) is 4.87. The van der Waals surface area contributed by atoms with E-state index in [0.717, 1.165) is 50.3 Å². The van der Waals surface area contributed by atoms with Gasteiger partial charge in [0.05, 0.1) is 11.0 Å². The highest BCUT2D eigenvalue weighted by atomic mass is 16.2. The maximum absolute atomic E-state index is 12.7. The molecule has 1 atom stereocenters. The molecule has 6 nitrogen and oxygen atoms in total. The van der Waals surface area contributed by atoms with Gasteiger partial charge < -0.3 is 10.2 Å². The first-order valence-electron chi connectivity index (χ1n) is 8.26. The molecule has 0 bridgehead atoms. The van der Waals surface area contributed by atoms with Crippen LogP contribution in [0.1, 0.15) is 16.8 Å². The summed E-state index contributed by atoms with van der Waals surface area (Å²) in [5, 5.41) is 3.41. The van der Waals surface area contributed by atoms with E-state index in [9.17, 15) is 4.79 Å². The van der Waals surface area contributed by atoms with Crippen LogP contribution in [0.2, 0.25) is 0 Å². The molecule has 120 valence electrons. The Hall–Kier alpha value is -2.05. The Morgan fingerprint density at radius 3 is 2.61 bits per heavy atom. The predicted molar refractivity (Wildman–Crippen MR) is 88.3 cm³/mol. The molecule has 0 radical (unpaired) electrons. The van der Waals surface area contributed by atoms with Crippen LogP contribution in [0.4, 0.5) is 0 Å². The number of aromatic nitrogens is 2. The highest BCUT2D eigenvalue weighted by molar-refractivity contribution is 5.97. The Morgan fingerprint density at radius 1 is 1.09 bits per heavy atom. The van der Waals surface area contributed by atoms with E-state index in [1.807, 2.05) is 23.1 Å². The van der Waals surface area contributed by atoms with Crippen LogP contribution in [0, 0.1) is 0 Å². The zero-order valence-electron chi connectivity index (χ0n) is 13.1. The van der Waals surface area contributed by atoms with Crippen LogP contribution in [-0.2, 0) is 0 Å². The second-order valence-electron chi connectivity index (χ2n) is 6.23. The van der Waals surface area contributed by atoms with E-state index in [1.54, 1.807) is 12.4 Å². The smallest absolute Gasteiger partial charge is 0.254 e. The zero-order chi connectivity index (χ0) is 15.6. The number of carbonyl (C=O) groups excluding carboxylic acids is 1. The van der Waals surface area contributed by atoms with Gasteiger partial charge in [0.2, 0.25) is 0 Å². The summed E-state index contributed by atoms with van der Waals surface area (Å²) in [5.74, 6) is 0.0988. The largest absolute Gasteiger partial charge is 0.336 e. The van der Waals surface area contributed by atoms with Gasteiger partial charge in [0.25, 0.3) is 5.91 Å². The number of fused-ring (bicyclic) bond motifs is 1. The van der Waals surface area contributed by atoms with Crippen molar-refractivity contribution in [2.75, 3.05) is 39.3 Å². The first-order valence-corrected chi connectivity index (χ1v) is 8.26. The first-order chi connectivity index (χ1) is 11.3. The molecule has 3 heterocycles. The molecule has 1 aromatic carbocycles. The van der Waals surface area contributed by atoms with Gasteiger partial charge in [-0.2, -0.15) is 0 Å². The fourth-order valence-electron chi connectivity index (χ4n) is 3.52. The molecule has 2 aromatic rings. The van der Waals surface area contributed by atoms with Gasteiger partial charge in [-0.3, -0.25) is 19.7 Å². The second kappa shape index (κ2) is 6.22. The molecule has 4 rings (SSSR count). The summed E-state index contributed by atoms with van der Waals surface area (Å²) < 4.78 is 0. The van der Waals surface area contributed by atoms with Gasteiger partial charge in [0.15, 0.2) is 0 Å². The Labute approximate surface area is 135 Å². The lowest BCUT2D eigenvalue weighted by atomic mass is 10.1. The Kier molecular flexibility index (Phi) is 3.93. The van der Waals surface area contributed by atoms with Crippen LogP contribution in [0.3, 0.4) is 0 Å². The standard InChI is InChI=1S/C17H21N5O/c23-17(13-1-2-15-16(11-13)20-6-5-19-15)22-9-7-21(8-10-22)14-3-4-18-12-14/h1-2,5-6,11,14,18H,3-4,7-10,12H2. The lowest BCUT2D eigenvalue weighted by Gasteiger charge is -2.37. The first kappa shape index (κ1) is 14.5. The summed E-state index contributed by atoms with van der Waals surface area (Å²) in [6.45, 7) is 5.72. The van der Waals surface area contributed by atoms with E-state index in [0.29, 0.717) is 11.6 Å². The lowest BCUT2D eigenvalue weighted by Crippen LogP contribution is -2.52. The van der Waals surface area contributed by atoms with Crippen LogP contribution >= 0.6 is 0 Å². The maximum Gasteiger partial charge on any atom is 0.254 e. The SMILES string of the molecule is O=C(c1ccc2nccnc2c1)N1CCN(C2CCNC2)CC1. The topological polar surface area (TPSA) is 61.4 Å². The predicted octanol–water partition coefficient (Wildman–Crippen LogP) is 0.749. The highest BCUT2D eigenvalue weighted by Gasteiger charge is 2.28. The Morgan fingerprint density at radius 2 is 1.87 bits per heavy atom. The van der Waals surface area contributed by atoms with Gasteiger partial charge in [-0.05, 0) is 31.2 Å². The number of benzene rings is 1. The van der Waals surface area contributed by atoms with Gasteiger partial charge in [0.1, 0.15) is 0 Å². The minimum Gasteiger partial charge on any atom is -0.336 e. The Bertz CT molecular complexity index is 705. The van der Waals surface area contributed by atoms with Crippen LogP contribution in [0.5, 0.6) is 0 Å². The van der Waals surface area contributed by atoms with Gasteiger partial charge in [-0.25, -0.2) is 0 Å². The molecular formula is C17H21N5O. The van der Waals surface area contributed by atoms with Crippen molar-refractivity contribution in [2.24, 2.45) is 0 Å². The minimum absolute atomic E-state index is 0.0988. The van der Waals surface area contributed by atoms with Crippen molar-refractivity contribution in [2.45, 2.75) is 12.5 Å². The normalized spacial score (nSPS) is 22.6. The van der Waals surface area contributed by atoms with Gasteiger partial charge in [0, 0.05) is 56.7 Å². The van der Waals surface area contributed by atoms with Crippen molar-refractivity contribution in [1.29, 1.82) is 0 Å². The molecule has 2 aliphatic heterocycles. The molecule has 0 spiro atoms. The van der Waals surface area contributed by atoms with Crippen molar-refractivity contribution in [3.8, 4) is 0 Å². The number of carbonyl (C=O) groups is 1. The zero-order valence-corrected chi connectivity index (χ0v) is 13.1. The van der Waals surface area contributed by atoms with E-state index < -0.39 is 0 Å². The van der Waals surface area contributed by atoms with E-state index in [4.69, 9.17) is 0 Å². The van der Waals surface area contributed by atoms with Gasteiger partial charge in [-0.15, -0.1) is 0 Å². The second-order valence-corrected chi connectivity index (χ2v) is 6.23. The molecule has 1 unspecified atom stereocenters. The summed E-state index contributed by atoms with van der Waals surface area (Å²) in [7, 11) is 0. The van der Waals surface area contributed by atoms with Crippen molar-refractivity contribution >= 4 is 16.9 Å². The summed E-state index contributed by atoms with van der Waals surface area (Å²) in [5.41, 5.74) is 2.30. The average Bonchev–Trinajstić information content (AvgIpc) is 3.15. The van der Waals surface area contributed by atoms with Crippen LogP contribution in [0.25, 0.3) is 11.0 Å². The molecule has 6 heteroatoms. The van der Waals surface area contributed by atoms with E-state index in [2.05, 4.69) is 20.2 Å². The molecule has 1 aromatic heterocycles. The van der Waals surface area contributed by atoms with Crippen LogP contribution in [-0.4, -0.2) is 71.0 Å². The summed E-state index contributed by atoms with van der Waals surface area (Å²) in [6.07, 6.45) is 4.54. The molecule has 2 fully saturated rings. The molecular weight excluding hydrogens is 290 g/mol. The molecule has 1 amide bonds. The molecule has 1 N–H and O–H groups in total. The fourth-order valence-corrected chi connectivity index (χ4v) is 3.52. The quantitative estimate of drug-likeness (QED) is 0.887. The summed E-state index contributed by atoms with van der Waals surface area (Å²) >= 11 is 0.